The summed E-state index contributed by atoms with van der Waals surface area (Å²) < 4.78 is 5.03. The summed E-state index contributed by atoms with van der Waals surface area (Å²) in [6.45, 7) is 0.590. The molecule has 5 nitrogen and oxygen atoms in total. The second-order valence-electron chi connectivity index (χ2n) is 2.30. The van der Waals surface area contributed by atoms with Crippen molar-refractivity contribution in [3.63, 3.8) is 0 Å². The first-order chi connectivity index (χ1) is 6.25. The molecule has 0 saturated carbocycles. The zero-order valence-corrected chi connectivity index (χ0v) is 6.93. The van der Waals surface area contributed by atoms with E-state index in [1.165, 1.54) is 12.3 Å². The van der Waals surface area contributed by atoms with Gasteiger partial charge in [-0.2, -0.15) is 0 Å². The summed E-state index contributed by atoms with van der Waals surface area (Å²) >= 11 is 0. The third-order valence-electron chi connectivity index (χ3n) is 1.36. The molecule has 0 amide bonds. The van der Waals surface area contributed by atoms with E-state index >= 15 is 0 Å². The van der Waals surface area contributed by atoms with Crippen LogP contribution in [0.4, 0.5) is 0 Å². The van der Waals surface area contributed by atoms with E-state index in [4.69, 9.17) is 15.6 Å². The Kier molecular flexibility index (Phi) is 3.22. The van der Waals surface area contributed by atoms with E-state index in [1.54, 1.807) is 6.07 Å². The number of carboxylic acid groups (broad SMARTS) is 1. The summed E-state index contributed by atoms with van der Waals surface area (Å²) in [6.07, 6.45) is 1.47. The van der Waals surface area contributed by atoms with Gasteiger partial charge in [-0.1, -0.05) is 0 Å². The first-order valence-corrected chi connectivity index (χ1v) is 3.77. The van der Waals surface area contributed by atoms with Crippen LogP contribution in [0.25, 0.3) is 0 Å². The Labute approximate surface area is 75.2 Å². The molecule has 0 aliphatic carbocycles. The number of carboxylic acids is 1. The molecule has 0 aliphatic rings. The summed E-state index contributed by atoms with van der Waals surface area (Å²) in [6, 6.07) is 2.97. The second kappa shape index (κ2) is 4.42. The Morgan fingerprint density at radius 3 is 3.08 bits per heavy atom. The fourth-order valence-corrected chi connectivity index (χ4v) is 0.824. The molecule has 0 bridgehead atoms. The van der Waals surface area contributed by atoms with Crippen molar-refractivity contribution in [2.75, 3.05) is 13.2 Å². The maximum absolute atomic E-state index is 10.6. The second-order valence-corrected chi connectivity index (χ2v) is 2.30. The maximum atomic E-state index is 10.6. The smallest absolute Gasteiger partial charge is 0.341 e. The molecular formula is C8H10N2O3. The van der Waals surface area contributed by atoms with Crippen LogP contribution in [0, 0.1) is 0 Å². The molecule has 13 heavy (non-hydrogen) atoms. The largest absolute Gasteiger partial charge is 0.477 e. The average molecular weight is 182 g/mol. The van der Waals surface area contributed by atoms with Gasteiger partial charge >= 0.3 is 5.97 Å². The van der Waals surface area contributed by atoms with Gasteiger partial charge in [-0.25, -0.2) is 9.78 Å². The minimum Gasteiger partial charge on any atom is -0.477 e. The number of nitrogens with two attached hydrogens (primary N) is 1. The van der Waals surface area contributed by atoms with Gasteiger partial charge in [0.1, 0.15) is 12.2 Å². The monoisotopic (exact) mass is 182 g/mol. The fourth-order valence-electron chi connectivity index (χ4n) is 0.824. The molecule has 0 aliphatic heterocycles. The van der Waals surface area contributed by atoms with Crippen molar-refractivity contribution in [1.82, 2.24) is 4.98 Å². The van der Waals surface area contributed by atoms with Gasteiger partial charge in [-0.05, 0) is 12.1 Å². The fraction of sp³-hybridized carbons (Fsp3) is 0.250. The minimum atomic E-state index is -1.06. The number of aromatic nitrogens is 1. The molecule has 0 saturated heterocycles. The van der Waals surface area contributed by atoms with Crippen molar-refractivity contribution in [1.29, 1.82) is 0 Å². The van der Waals surface area contributed by atoms with Crippen molar-refractivity contribution in [3.8, 4) is 5.88 Å². The molecule has 1 rings (SSSR count). The Morgan fingerprint density at radius 2 is 2.46 bits per heavy atom. The molecule has 70 valence electrons. The van der Waals surface area contributed by atoms with Crippen LogP contribution in [-0.2, 0) is 0 Å². The minimum absolute atomic E-state index is 0.0518. The van der Waals surface area contributed by atoms with Crippen molar-refractivity contribution < 1.29 is 14.6 Å². The van der Waals surface area contributed by atoms with Gasteiger partial charge in [0.25, 0.3) is 0 Å². The molecule has 1 aromatic rings. The Balaban J connectivity index is 2.84. The van der Waals surface area contributed by atoms with Crippen LogP contribution >= 0.6 is 0 Å². The van der Waals surface area contributed by atoms with Gasteiger partial charge in [-0.15, -0.1) is 0 Å². The quantitative estimate of drug-likeness (QED) is 0.690. The maximum Gasteiger partial charge on any atom is 0.341 e. The SMILES string of the molecule is NCCOc1ncccc1C(=O)O. The van der Waals surface area contributed by atoms with E-state index in [1.807, 2.05) is 0 Å². The average Bonchev–Trinajstić information content (AvgIpc) is 2.15. The Morgan fingerprint density at radius 1 is 1.69 bits per heavy atom. The topological polar surface area (TPSA) is 85.4 Å². The Bertz CT molecular complexity index is 301. The van der Waals surface area contributed by atoms with Crippen molar-refractivity contribution in [3.05, 3.63) is 23.9 Å². The van der Waals surface area contributed by atoms with Crippen molar-refractivity contribution in [2.45, 2.75) is 0 Å². The zero-order valence-electron chi connectivity index (χ0n) is 6.93. The third-order valence-corrected chi connectivity index (χ3v) is 1.36. The van der Waals surface area contributed by atoms with Gasteiger partial charge < -0.3 is 15.6 Å². The van der Waals surface area contributed by atoms with Crippen LogP contribution < -0.4 is 10.5 Å². The van der Waals surface area contributed by atoms with E-state index in [2.05, 4.69) is 4.98 Å². The molecule has 1 heterocycles. The lowest BCUT2D eigenvalue weighted by Crippen LogP contribution is -2.13. The molecule has 0 atom stereocenters. The summed E-state index contributed by atoms with van der Waals surface area (Å²) in [5, 5.41) is 8.71. The summed E-state index contributed by atoms with van der Waals surface area (Å²) in [4.78, 5) is 14.4. The van der Waals surface area contributed by atoms with E-state index < -0.39 is 5.97 Å². The van der Waals surface area contributed by atoms with Crippen LogP contribution in [-0.4, -0.2) is 29.2 Å². The lowest BCUT2D eigenvalue weighted by atomic mass is 10.3. The van der Waals surface area contributed by atoms with Crippen LogP contribution in [0.15, 0.2) is 18.3 Å². The molecule has 0 radical (unpaired) electrons. The number of hydrogen-bond donors (Lipinski definition) is 2. The van der Waals surface area contributed by atoms with Crippen LogP contribution in [0.1, 0.15) is 10.4 Å². The number of ether oxygens (including phenoxy) is 1. The molecule has 0 unspecified atom stereocenters. The van der Waals surface area contributed by atoms with Crippen molar-refractivity contribution >= 4 is 5.97 Å². The lowest BCUT2D eigenvalue weighted by Gasteiger charge is -2.05. The molecule has 3 N–H and O–H groups in total. The van der Waals surface area contributed by atoms with Gasteiger partial charge in [-0.3, -0.25) is 0 Å². The van der Waals surface area contributed by atoms with Crippen LogP contribution in [0.3, 0.4) is 0 Å². The number of pyridine rings is 1. The number of rotatable bonds is 4. The number of aromatic carboxylic acids is 1. The number of carbonyl (C=O) groups is 1. The lowest BCUT2D eigenvalue weighted by molar-refractivity contribution is 0.0691. The molecule has 5 heteroatoms. The molecule has 0 fully saturated rings. The number of nitrogens with zero attached hydrogens (tertiary/aromatic N) is 1. The highest BCUT2D eigenvalue weighted by molar-refractivity contribution is 5.90. The highest BCUT2D eigenvalue weighted by Gasteiger charge is 2.10. The summed E-state index contributed by atoms with van der Waals surface area (Å²) in [5.74, 6) is -0.944. The predicted octanol–water partition coefficient (Wildman–Crippen LogP) is 0.117. The standard InChI is InChI=1S/C8H10N2O3/c9-3-5-13-7-6(8(11)12)2-1-4-10-7/h1-2,4H,3,5,9H2,(H,11,12). The van der Waals surface area contributed by atoms with E-state index in [-0.39, 0.29) is 18.1 Å². The van der Waals surface area contributed by atoms with Crippen LogP contribution in [0.2, 0.25) is 0 Å². The summed E-state index contributed by atoms with van der Waals surface area (Å²) in [7, 11) is 0. The molecule has 0 aromatic carbocycles. The van der Waals surface area contributed by atoms with Crippen molar-refractivity contribution in [2.24, 2.45) is 5.73 Å². The first-order valence-electron chi connectivity index (χ1n) is 3.77. The predicted molar refractivity (Wildman–Crippen MR) is 45.7 cm³/mol. The van der Waals surface area contributed by atoms with Gasteiger partial charge in [0.15, 0.2) is 0 Å². The summed E-state index contributed by atoms with van der Waals surface area (Å²) in [5.41, 5.74) is 5.25. The van der Waals surface area contributed by atoms with E-state index in [0.29, 0.717) is 6.54 Å². The third kappa shape index (κ3) is 2.41. The normalized spacial score (nSPS) is 9.62. The van der Waals surface area contributed by atoms with Crippen LogP contribution in [0.5, 0.6) is 5.88 Å². The highest BCUT2D eigenvalue weighted by Crippen LogP contribution is 2.13. The molecule has 0 spiro atoms. The van der Waals surface area contributed by atoms with E-state index in [0.717, 1.165) is 0 Å². The Hall–Kier alpha value is -1.62. The molecule has 1 aromatic heterocycles. The van der Waals surface area contributed by atoms with Gasteiger partial charge in [0.2, 0.25) is 5.88 Å². The van der Waals surface area contributed by atoms with Gasteiger partial charge in [0, 0.05) is 12.7 Å². The van der Waals surface area contributed by atoms with E-state index in [9.17, 15) is 4.79 Å². The number of hydrogen-bond acceptors (Lipinski definition) is 4. The molecular weight excluding hydrogens is 172 g/mol. The highest BCUT2D eigenvalue weighted by atomic mass is 16.5. The first kappa shape index (κ1) is 9.47. The zero-order chi connectivity index (χ0) is 9.68. The van der Waals surface area contributed by atoms with Gasteiger partial charge in [0.05, 0.1) is 0 Å².